The number of fused-ring (bicyclic) bond motifs is 7. The highest BCUT2D eigenvalue weighted by Gasteiger charge is 2.68. The number of allylic oxidation sites excluding steroid dienone is 3. The summed E-state index contributed by atoms with van der Waals surface area (Å²) in [5.74, 6) is 3.44. The van der Waals surface area contributed by atoms with E-state index >= 15 is 0 Å². The summed E-state index contributed by atoms with van der Waals surface area (Å²) in [6, 6.07) is 0. The molecule has 1 heteroatoms. The van der Waals surface area contributed by atoms with Crippen LogP contribution in [0, 0.1) is 45.3 Å². The minimum Gasteiger partial charge on any atom is -0.325 e. The molecule has 0 aromatic heterocycles. The lowest BCUT2D eigenvalue weighted by molar-refractivity contribution is -0.215. The molecule has 0 bridgehead atoms. The van der Waals surface area contributed by atoms with Crippen LogP contribution < -0.4 is 5.73 Å². The van der Waals surface area contributed by atoms with Crippen molar-refractivity contribution in [1.29, 1.82) is 0 Å². The van der Waals surface area contributed by atoms with Crippen LogP contribution in [0.4, 0.5) is 0 Å². The number of hydrogen-bond donors (Lipinski definition) is 1. The average molecular weight is 456 g/mol. The molecule has 0 aromatic carbocycles. The lowest BCUT2D eigenvalue weighted by Crippen LogP contribution is -2.66. The summed E-state index contributed by atoms with van der Waals surface area (Å²) in [7, 11) is 0. The Bertz CT molecular complexity index is 744. The predicted octanol–water partition coefficient (Wildman–Crippen LogP) is 9.33. The third-order valence-electron chi connectivity index (χ3n) is 11.7. The van der Waals surface area contributed by atoms with Crippen LogP contribution >= 0.6 is 0 Å². The molecular weight excluding hydrogens is 398 g/mol. The van der Waals surface area contributed by atoms with Crippen molar-refractivity contribution in [2.75, 3.05) is 0 Å². The van der Waals surface area contributed by atoms with Gasteiger partial charge in [0.15, 0.2) is 0 Å². The molecule has 0 aliphatic heterocycles. The number of hydrogen-bond acceptors (Lipinski definition) is 1. The zero-order valence-corrected chi connectivity index (χ0v) is 23.8. The van der Waals surface area contributed by atoms with E-state index in [0.717, 1.165) is 23.7 Å². The first-order valence-electron chi connectivity index (χ1n) is 14.4. The number of rotatable bonds is 0. The first-order valence-corrected chi connectivity index (χ1v) is 14.4. The zero-order chi connectivity index (χ0) is 24.9. The van der Waals surface area contributed by atoms with Gasteiger partial charge in [0, 0.05) is 5.54 Å². The van der Waals surface area contributed by atoms with Crippen molar-refractivity contribution < 1.29 is 0 Å². The molecule has 0 saturated heterocycles. The standard InChI is InChI=1S/C26H43N.C4H8.C2H6/c1-22(2)12-7-13-23(3)20(22)11-15-25(5)21(23)10-9-18-19-8-6-14-26(19,27)17-16-24(18,25)4;1-4(2)3;1-2/h7,12,18-21H,6,8-11,13-17,27H2,1-5H3;1H2,2-3H3;1-2H3/t18?,19-,20+,21-,23?,24-,25?,26?;;/m1../s1. The van der Waals surface area contributed by atoms with Crippen LogP contribution in [0.2, 0.25) is 0 Å². The largest absolute Gasteiger partial charge is 0.325 e. The maximum absolute atomic E-state index is 7.00. The normalized spacial score (nSPS) is 49.0. The molecule has 8 atom stereocenters. The predicted molar refractivity (Wildman–Crippen MR) is 146 cm³/mol. The van der Waals surface area contributed by atoms with Gasteiger partial charge >= 0.3 is 0 Å². The smallest absolute Gasteiger partial charge is 0.0185 e. The topological polar surface area (TPSA) is 26.0 Å². The molecule has 190 valence electrons. The molecule has 4 unspecified atom stereocenters. The molecule has 5 aliphatic rings. The molecule has 5 aliphatic carbocycles. The molecule has 4 fully saturated rings. The lowest BCUT2D eigenvalue weighted by Gasteiger charge is -2.71. The Morgan fingerprint density at radius 2 is 1.42 bits per heavy atom. The van der Waals surface area contributed by atoms with Crippen molar-refractivity contribution in [3.8, 4) is 0 Å². The van der Waals surface area contributed by atoms with E-state index in [2.05, 4.69) is 53.3 Å². The Kier molecular flexibility index (Phi) is 7.49. The zero-order valence-electron chi connectivity index (χ0n) is 23.8. The molecule has 2 N–H and O–H groups in total. The monoisotopic (exact) mass is 455 g/mol. The lowest BCUT2D eigenvalue weighted by atomic mass is 9.33. The Morgan fingerprint density at radius 1 is 0.788 bits per heavy atom. The molecule has 0 heterocycles. The summed E-state index contributed by atoms with van der Waals surface area (Å²) in [5.41, 5.74) is 10.2. The fraction of sp³-hybridized carbons (Fsp3) is 0.875. The van der Waals surface area contributed by atoms with E-state index in [1.54, 1.807) is 0 Å². The maximum Gasteiger partial charge on any atom is 0.0185 e. The summed E-state index contributed by atoms with van der Waals surface area (Å²) in [6.45, 7) is 24.6. The van der Waals surface area contributed by atoms with Crippen LogP contribution in [-0.4, -0.2) is 5.54 Å². The van der Waals surface area contributed by atoms with Gasteiger partial charge in [0.25, 0.3) is 0 Å². The fourth-order valence-electron chi connectivity index (χ4n) is 10.2. The average Bonchev–Trinajstić information content (AvgIpc) is 3.11. The highest BCUT2D eigenvalue weighted by molar-refractivity contribution is 5.21. The third-order valence-corrected chi connectivity index (χ3v) is 11.7. The van der Waals surface area contributed by atoms with Gasteiger partial charge in [-0.3, -0.25) is 0 Å². The molecule has 0 amide bonds. The van der Waals surface area contributed by atoms with Crippen LogP contribution in [0.5, 0.6) is 0 Å². The second-order valence-corrected chi connectivity index (χ2v) is 14.0. The molecule has 5 rings (SSSR count). The Labute approximate surface area is 207 Å². The number of nitrogens with two attached hydrogens (primary N) is 1. The molecule has 33 heavy (non-hydrogen) atoms. The Morgan fingerprint density at radius 3 is 2.06 bits per heavy atom. The van der Waals surface area contributed by atoms with Gasteiger partial charge in [0.2, 0.25) is 0 Å². The van der Waals surface area contributed by atoms with Gasteiger partial charge in [-0.2, -0.15) is 0 Å². The van der Waals surface area contributed by atoms with E-state index < -0.39 is 0 Å². The first-order chi connectivity index (χ1) is 15.3. The Hall–Kier alpha value is -0.560. The molecule has 4 saturated carbocycles. The van der Waals surface area contributed by atoms with E-state index in [9.17, 15) is 0 Å². The highest BCUT2D eigenvalue weighted by Crippen LogP contribution is 2.75. The summed E-state index contributed by atoms with van der Waals surface area (Å²) in [4.78, 5) is 0. The Balaban J connectivity index is 0.000000464. The van der Waals surface area contributed by atoms with Crippen LogP contribution in [0.15, 0.2) is 24.3 Å². The first kappa shape index (κ1) is 27.0. The highest BCUT2D eigenvalue weighted by atomic mass is 14.8. The summed E-state index contributed by atoms with van der Waals surface area (Å²) in [6.07, 6.45) is 18.9. The van der Waals surface area contributed by atoms with Crippen molar-refractivity contribution in [2.45, 2.75) is 132 Å². The summed E-state index contributed by atoms with van der Waals surface area (Å²) < 4.78 is 0. The minimum absolute atomic E-state index is 0.185. The van der Waals surface area contributed by atoms with Crippen molar-refractivity contribution in [1.82, 2.24) is 0 Å². The van der Waals surface area contributed by atoms with E-state index in [-0.39, 0.29) is 5.54 Å². The van der Waals surface area contributed by atoms with Gasteiger partial charge in [-0.15, -0.1) is 6.58 Å². The van der Waals surface area contributed by atoms with E-state index in [1.807, 2.05) is 27.7 Å². The van der Waals surface area contributed by atoms with Crippen LogP contribution in [0.25, 0.3) is 0 Å². The molecule has 0 radical (unpaired) electrons. The molecular formula is C32H57N. The quantitative estimate of drug-likeness (QED) is 0.362. The van der Waals surface area contributed by atoms with Gasteiger partial charge in [0.1, 0.15) is 0 Å². The SMILES string of the molecule is C=C(C)C.CC.CC1(C)C=CCC2(C)[C@H]3CCC4[C@H]5CCCC5(N)CC[C@@]4(C)C3(C)CC[C@@H]12. The molecule has 0 aromatic rings. The summed E-state index contributed by atoms with van der Waals surface area (Å²) in [5, 5.41) is 0. The van der Waals surface area contributed by atoms with Crippen LogP contribution in [-0.2, 0) is 0 Å². The maximum atomic E-state index is 7.00. The molecule has 1 nitrogen and oxygen atoms in total. The van der Waals surface area contributed by atoms with Gasteiger partial charge in [-0.25, -0.2) is 0 Å². The van der Waals surface area contributed by atoms with E-state index in [0.29, 0.717) is 21.7 Å². The van der Waals surface area contributed by atoms with Gasteiger partial charge in [-0.05, 0) is 117 Å². The second-order valence-electron chi connectivity index (χ2n) is 14.0. The third kappa shape index (κ3) is 4.11. The van der Waals surface area contributed by atoms with Crippen LogP contribution in [0.3, 0.4) is 0 Å². The second kappa shape index (κ2) is 9.15. The fourth-order valence-corrected chi connectivity index (χ4v) is 10.2. The van der Waals surface area contributed by atoms with Crippen LogP contribution in [0.1, 0.15) is 127 Å². The van der Waals surface area contributed by atoms with Gasteiger partial charge < -0.3 is 5.73 Å². The summed E-state index contributed by atoms with van der Waals surface area (Å²) >= 11 is 0. The van der Waals surface area contributed by atoms with Crippen molar-refractivity contribution >= 4 is 0 Å². The van der Waals surface area contributed by atoms with Gasteiger partial charge in [0.05, 0.1) is 0 Å². The van der Waals surface area contributed by atoms with Crippen molar-refractivity contribution in [3.63, 3.8) is 0 Å². The minimum atomic E-state index is 0.185. The van der Waals surface area contributed by atoms with Crippen molar-refractivity contribution in [3.05, 3.63) is 24.3 Å². The van der Waals surface area contributed by atoms with Crippen molar-refractivity contribution in [2.24, 2.45) is 51.1 Å². The van der Waals surface area contributed by atoms with Gasteiger partial charge in [-0.1, -0.05) is 72.6 Å². The van der Waals surface area contributed by atoms with E-state index in [4.69, 9.17) is 5.73 Å². The molecule has 0 spiro atoms. The van der Waals surface area contributed by atoms with E-state index in [1.165, 1.54) is 69.8 Å².